The number of ether oxygens (including phenoxy) is 1. The molecule has 7 heteroatoms. The number of carbonyl (C=O) groups excluding carboxylic acids is 1. The summed E-state index contributed by atoms with van der Waals surface area (Å²) in [5.74, 6) is 1.90. The van der Waals surface area contributed by atoms with Crippen LogP contribution in [0.4, 0.5) is 0 Å². The normalized spacial score (nSPS) is 10.6. The number of benzene rings is 1. The Morgan fingerprint density at radius 1 is 1.30 bits per heavy atom. The number of Topliss-reactive ketones (excluding diaryl/α,β-unsaturated/α-hetero) is 1. The standard InChI is InChI=1S/C20H20N4O2S/c1-3-10-24-19(16-7-5-9-21-13-16)22-23-20(24)27-14-17(25)11-15-6-4-8-18(12-15)26-2/h3-9,12-13H,1,10-11,14H2,2H3. The molecule has 0 spiro atoms. The van der Waals surface area contributed by atoms with Gasteiger partial charge in [0.2, 0.25) is 0 Å². The molecular formula is C20H20N4O2S. The number of ketones is 1. The number of hydrogen-bond acceptors (Lipinski definition) is 6. The molecule has 3 aromatic rings. The van der Waals surface area contributed by atoms with E-state index < -0.39 is 0 Å². The summed E-state index contributed by atoms with van der Waals surface area (Å²) in [6.07, 6.45) is 5.59. The van der Waals surface area contributed by atoms with E-state index in [4.69, 9.17) is 4.74 Å². The maximum Gasteiger partial charge on any atom is 0.192 e. The molecule has 6 nitrogen and oxygen atoms in total. The molecule has 3 rings (SSSR count). The zero-order valence-electron chi connectivity index (χ0n) is 15.0. The molecule has 0 aliphatic carbocycles. The summed E-state index contributed by atoms with van der Waals surface area (Å²) in [4.78, 5) is 16.5. The van der Waals surface area contributed by atoms with Gasteiger partial charge in [-0.05, 0) is 29.8 Å². The lowest BCUT2D eigenvalue weighted by atomic mass is 10.1. The number of nitrogens with zero attached hydrogens (tertiary/aromatic N) is 4. The number of thioether (sulfide) groups is 1. The number of hydrogen-bond donors (Lipinski definition) is 0. The number of rotatable bonds is 9. The lowest BCUT2D eigenvalue weighted by Gasteiger charge is -2.07. The third kappa shape index (κ3) is 4.83. The number of aromatic nitrogens is 4. The van der Waals surface area contributed by atoms with Gasteiger partial charge in [0.05, 0.1) is 12.9 Å². The van der Waals surface area contributed by atoms with Crippen LogP contribution in [0.1, 0.15) is 5.56 Å². The first kappa shape index (κ1) is 18.8. The predicted octanol–water partition coefficient (Wildman–Crippen LogP) is 3.44. The van der Waals surface area contributed by atoms with Gasteiger partial charge in [-0.1, -0.05) is 30.0 Å². The zero-order chi connectivity index (χ0) is 19.1. The first-order chi connectivity index (χ1) is 13.2. The summed E-state index contributed by atoms with van der Waals surface area (Å²) < 4.78 is 7.14. The molecule has 27 heavy (non-hydrogen) atoms. The maximum absolute atomic E-state index is 12.4. The molecule has 0 atom stereocenters. The quantitative estimate of drug-likeness (QED) is 0.418. The molecule has 138 valence electrons. The van der Waals surface area contributed by atoms with Crippen molar-refractivity contribution in [3.8, 4) is 17.1 Å². The summed E-state index contributed by atoms with van der Waals surface area (Å²) >= 11 is 1.38. The van der Waals surface area contributed by atoms with Crippen molar-refractivity contribution < 1.29 is 9.53 Å². The average Bonchev–Trinajstić information content (AvgIpc) is 3.10. The van der Waals surface area contributed by atoms with E-state index in [2.05, 4.69) is 21.8 Å². The number of allylic oxidation sites excluding steroid dienone is 1. The van der Waals surface area contributed by atoms with Gasteiger partial charge in [0.15, 0.2) is 11.0 Å². The lowest BCUT2D eigenvalue weighted by Crippen LogP contribution is -2.07. The van der Waals surface area contributed by atoms with Gasteiger partial charge in [-0.2, -0.15) is 0 Å². The van der Waals surface area contributed by atoms with E-state index in [1.54, 1.807) is 25.6 Å². The van der Waals surface area contributed by atoms with Crippen LogP contribution in [0.2, 0.25) is 0 Å². The third-order valence-electron chi connectivity index (χ3n) is 3.85. The highest BCUT2D eigenvalue weighted by atomic mass is 32.2. The summed E-state index contributed by atoms with van der Waals surface area (Å²) in [5.41, 5.74) is 1.81. The van der Waals surface area contributed by atoms with Crippen molar-refractivity contribution in [2.24, 2.45) is 0 Å². The molecule has 0 fully saturated rings. The van der Waals surface area contributed by atoms with Crippen LogP contribution in [0.3, 0.4) is 0 Å². The van der Waals surface area contributed by atoms with Crippen LogP contribution in [-0.2, 0) is 17.8 Å². The smallest absolute Gasteiger partial charge is 0.192 e. The van der Waals surface area contributed by atoms with Gasteiger partial charge in [-0.25, -0.2) is 0 Å². The second-order valence-corrected chi connectivity index (χ2v) is 6.75. The fourth-order valence-corrected chi connectivity index (χ4v) is 3.41. The van der Waals surface area contributed by atoms with Crippen LogP contribution >= 0.6 is 11.8 Å². The summed E-state index contributed by atoms with van der Waals surface area (Å²) in [5, 5.41) is 9.20. The highest BCUT2D eigenvalue weighted by Gasteiger charge is 2.15. The van der Waals surface area contributed by atoms with Gasteiger partial charge < -0.3 is 4.74 Å². The van der Waals surface area contributed by atoms with Crippen molar-refractivity contribution in [2.75, 3.05) is 12.9 Å². The Labute approximate surface area is 162 Å². The van der Waals surface area contributed by atoms with Crippen molar-refractivity contribution in [3.63, 3.8) is 0 Å². The van der Waals surface area contributed by atoms with Crippen LogP contribution in [0.15, 0.2) is 66.6 Å². The van der Waals surface area contributed by atoms with E-state index in [9.17, 15) is 4.79 Å². The average molecular weight is 380 g/mol. The van der Waals surface area contributed by atoms with E-state index in [0.717, 1.165) is 16.9 Å². The van der Waals surface area contributed by atoms with Crippen LogP contribution in [0.5, 0.6) is 5.75 Å². The fraction of sp³-hybridized carbons (Fsp3) is 0.200. The summed E-state index contributed by atoms with van der Waals surface area (Å²) in [6.45, 7) is 4.36. The van der Waals surface area contributed by atoms with E-state index in [0.29, 0.717) is 29.7 Å². The predicted molar refractivity (Wildman–Crippen MR) is 106 cm³/mol. The molecule has 0 unspecified atom stereocenters. The molecule has 1 aromatic carbocycles. The minimum Gasteiger partial charge on any atom is -0.497 e. The minimum absolute atomic E-state index is 0.115. The number of pyridine rings is 1. The molecular weight excluding hydrogens is 360 g/mol. The molecule has 0 bridgehead atoms. The molecule has 0 aliphatic rings. The third-order valence-corrected chi connectivity index (χ3v) is 4.87. The Balaban J connectivity index is 1.69. The highest BCUT2D eigenvalue weighted by molar-refractivity contribution is 7.99. The number of carbonyl (C=O) groups is 1. The second-order valence-electron chi connectivity index (χ2n) is 5.80. The Morgan fingerprint density at radius 2 is 2.19 bits per heavy atom. The van der Waals surface area contributed by atoms with E-state index >= 15 is 0 Å². The molecule has 2 heterocycles. The molecule has 2 aromatic heterocycles. The monoisotopic (exact) mass is 380 g/mol. The lowest BCUT2D eigenvalue weighted by molar-refractivity contribution is -0.116. The Bertz CT molecular complexity index is 925. The van der Waals surface area contributed by atoms with Crippen molar-refractivity contribution in [1.82, 2.24) is 19.7 Å². The van der Waals surface area contributed by atoms with Crippen LogP contribution < -0.4 is 4.74 Å². The molecule has 0 amide bonds. The van der Waals surface area contributed by atoms with E-state index in [1.807, 2.05) is 41.0 Å². The molecule has 0 N–H and O–H groups in total. The van der Waals surface area contributed by atoms with E-state index in [1.165, 1.54) is 11.8 Å². The van der Waals surface area contributed by atoms with Crippen molar-refractivity contribution in [2.45, 2.75) is 18.1 Å². The van der Waals surface area contributed by atoms with Gasteiger partial charge in [0.1, 0.15) is 11.5 Å². The first-order valence-electron chi connectivity index (χ1n) is 8.43. The molecule has 0 radical (unpaired) electrons. The topological polar surface area (TPSA) is 69.9 Å². The Kier molecular flexibility index (Phi) is 6.38. The van der Waals surface area contributed by atoms with Crippen molar-refractivity contribution in [3.05, 3.63) is 67.0 Å². The molecule has 0 saturated heterocycles. The fourth-order valence-electron chi connectivity index (χ4n) is 2.60. The molecule has 0 aliphatic heterocycles. The van der Waals surface area contributed by atoms with Crippen molar-refractivity contribution >= 4 is 17.5 Å². The molecule has 0 saturated carbocycles. The highest BCUT2D eigenvalue weighted by Crippen LogP contribution is 2.24. The van der Waals surface area contributed by atoms with Gasteiger partial charge in [0.25, 0.3) is 0 Å². The maximum atomic E-state index is 12.4. The van der Waals surface area contributed by atoms with Gasteiger partial charge in [-0.3, -0.25) is 14.3 Å². The van der Waals surface area contributed by atoms with Gasteiger partial charge in [0, 0.05) is 30.9 Å². The Hall–Kier alpha value is -2.93. The van der Waals surface area contributed by atoms with Gasteiger partial charge in [-0.15, -0.1) is 16.8 Å². The van der Waals surface area contributed by atoms with Crippen molar-refractivity contribution in [1.29, 1.82) is 0 Å². The minimum atomic E-state index is 0.115. The van der Waals surface area contributed by atoms with Crippen LogP contribution in [0, 0.1) is 0 Å². The second kappa shape index (κ2) is 9.14. The van der Waals surface area contributed by atoms with Crippen LogP contribution in [-0.4, -0.2) is 38.4 Å². The van der Waals surface area contributed by atoms with Crippen LogP contribution in [0.25, 0.3) is 11.4 Å². The Morgan fingerprint density at radius 3 is 2.93 bits per heavy atom. The first-order valence-corrected chi connectivity index (χ1v) is 9.41. The summed E-state index contributed by atoms with van der Waals surface area (Å²) in [6, 6.07) is 11.3. The van der Waals surface area contributed by atoms with E-state index in [-0.39, 0.29) is 5.78 Å². The number of methoxy groups -OCH3 is 1. The zero-order valence-corrected chi connectivity index (χ0v) is 15.9. The van der Waals surface area contributed by atoms with Gasteiger partial charge >= 0.3 is 0 Å². The largest absolute Gasteiger partial charge is 0.497 e. The SMILES string of the molecule is C=CCn1c(SCC(=O)Cc2cccc(OC)c2)nnc1-c1cccnc1. The summed E-state index contributed by atoms with van der Waals surface area (Å²) in [7, 11) is 1.61.